The van der Waals surface area contributed by atoms with Crippen molar-refractivity contribution in [3.05, 3.63) is 35.4 Å². The summed E-state index contributed by atoms with van der Waals surface area (Å²) in [5.74, 6) is -0.250. The predicted octanol–water partition coefficient (Wildman–Crippen LogP) is 0.818. The molecular weight excluding hydrogens is 264 g/mol. The summed E-state index contributed by atoms with van der Waals surface area (Å²) in [6.45, 7) is 4.16. The van der Waals surface area contributed by atoms with Crippen LogP contribution in [0.15, 0.2) is 24.3 Å². The molecule has 1 aliphatic heterocycles. The Morgan fingerprint density at radius 3 is 2.68 bits per heavy atom. The summed E-state index contributed by atoms with van der Waals surface area (Å²) in [6, 6.07) is 6.64. The van der Waals surface area contributed by atoms with Gasteiger partial charge < -0.3 is 5.32 Å². The van der Waals surface area contributed by atoms with Gasteiger partial charge in [-0.3, -0.25) is 4.79 Å². The predicted molar refractivity (Wildman–Crippen MR) is 73.1 cm³/mol. The van der Waals surface area contributed by atoms with E-state index >= 15 is 0 Å². The van der Waals surface area contributed by atoms with Crippen LogP contribution in [-0.2, 0) is 14.8 Å². The maximum absolute atomic E-state index is 12.1. The maximum atomic E-state index is 12.1. The van der Waals surface area contributed by atoms with E-state index in [1.807, 2.05) is 31.2 Å². The van der Waals surface area contributed by atoms with Crippen molar-refractivity contribution in [2.24, 2.45) is 0 Å². The van der Waals surface area contributed by atoms with Crippen LogP contribution >= 0.6 is 0 Å². The molecule has 1 fully saturated rings. The lowest BCUT2D eigenvalue weighted by atomic mass is 9.99. The second-order valence-electron chi connectivity index (χ2n) is 4.56. The molecule has 1 N–H and O–H groups in total. The van der Waals surface area contributed by atoms with Gasteiger partial charge in [0.05, 0.1) is 5.75 Å². The fourth-order valence-corrected chi connectivity index (χ4v) is 3.53. The van der Waals surface area contributed by atoms with Crippen molar-refractivity contribution in [2.45, 2.75) is 19.9 Å². The minimum Gasteiger partial charge on any atom is -0.353 e. The molecule has 1 amide bonds. The summed E-state index contributed by atoms with van der Waals surface area (Å²) in [5.41, 5.74) is 1.66. The lowest BCUT2D eigenvalue weighted by molar-refractivity contribution is -0.126. The highest BCUT2D eigenvalue weighted by Crippen LogP contribution is 2.28. The lowest BCUT2D eigenvalue weighted by Crippen LogP contribution is -2.52. The molecule has 1 unspecified atom stereocenters. The van der Waals surface area contributed by atoms with Gasteiger partial charge in [0, 0.05) is 13.1 Å². The Morgan fingerprint density at radius 1 is 1.37 bits per heavy atom. The SMILES string of the molecule is CCS(=O)(=O)N1CCNC(=O)C1c1ccccc1C. The summed E-state index contributed by atoms with van der Waals surface area (Å²) < 4.78 is 25.6. The summed E-state index contributed by atoms with van der Waals surface area (Å²) in [6.07, 6.45) is 0. The molecule has 5 nitrogen and oxygen atoms in total. The smallest absolute Gasteiger partial charge is 0.243 e. The van der Waals surface area contributed by atoms with Crippen LogP contribution in [0.3, 0.4) is 0 Å². The molecule has 1 saturated heterocycles. The summed E-state index contributed by atoms with van der Waals surface area (Å²) in [7, 11) is -3.40. The maximum Gasteiger partial charge on any atom is 0.243 e. The number of carbonyl (C=O) groups excluding carboxylic acids is 1. The summed E-state index contributed by atoms with van der Waals surface area (Å²) in [5, 5.41) is 2.74. The van der Waals surface area contributed by atoms with E-state index in [1.165, 1.54) is 4.31 Å². The standard InChI is InChI=1S/C13H18N2O3S/c1-3-19(17,18)15-9-8-14-13(16)12(15)11-7-5-4-6-10(11)2/h4-7,12H,3,8-9H2,1-2H3,(H,14,16). The van der Waals surface area contributed by atoms with Gasteiger partial charge in [0.1, 0.15) is 6.04 Å². The van der Waals surface area contributed by atoms with Gasteiger partial charge in [-0.1, -0.05) is 24.3 Å². The van der Waals surface area contributed by atoms with Gasteiger partial charge in [-0.2, -0.15) is 4.31 Å². The van der Waals surface area contributed by atoms with Crippen molar-refractivity contribution in [3.8, 4) is 0 Å². The van der Waals surface area contributed by atoms with Crippen molar-refractivity contribution >= 4 is 15.9 Å². The molecule has 0 radical (unpaired) electrons. The average molecular weight is 282 g/mol. The number of rotatable bonds is 3. The highest BCUT2D eigenvalue weighted by molar-refractivity contribution is 7.89. The van der Waals surface area contributed by atoms with Gasteiger partial charge in [0.15, 0.2) is 0 Å². The zero-order valence-electron chi connectivity index (χ0n) is 11.1. The van der Waals surface area contributed by atoms with Gasteiger partial charge in [-0.25, -0.2) is 8.42 Å². The summed E-state index contributed by atoms with van der Waals surface area (Å²) >= 11 is 0. The highest BCUT2D eigenvalue weighted by atomic mass is 32.2. The Labute approximate surface area is 113 Å². The van der Waals surface area contributed by atoms with Gasteiger partial charge in [-0.05, 0) is 25.0 Å². The number of nitrogens with one attached hydrogen (secondary N) is 1. The Hall–Kier alpha value is -1.40. The second kappa shape index (κ2) is 5.30. The number of sulfonamides is 1. The van der Waals surface area contributed by atoms with Gasteiger partial charge in [-0.15, -0.1) is 0 Å². The Morgan fingerprint density at radius 2 is 2.05 bits per heavy atom. The number of amides is 1. The van der Waals surface area contributed by atoms with Crippen LogP contribution in [-0.4, -0.2) is 37.5 Å². The van der Waals surface area contributed by atoms with Crippen molar-refractivity contribution in [3.63, 3.8) is 0 Å². The van der Waals surface area contributed by atoms with E-state index in [0.717, 1.165) is 11.1 Å². The second-order valence-corrected chi connectivity index (χ2v) is 6.77. The molecule has 1 aromatic rings. The monoisotopic (exact) mass is 282 g/mol. The van der Waals surface area contributed by atoms with Crippen LogP contribution in [0.25, 0.3) is 0 Å². The third-order valence-electron chi connectivity index (χ3n) is 3.37. The molecule has 6 heteroatoms. The molecule has 19 heavy (non-hydrogen) atoms. The molecule has 1 aliphatic rings. The zero-order valence-corrected chi connectivity index (χ0v) is 11.9. The van der Waals surface area contributed by atoms with Gasteiger partial charge in [0.25, 0.3) is 0 Å². The zero-order chi connectivity index (χ0) is 14.0. The topological polar surface area (TPSA) is 66.5 Å². The first kappa shape index (κ1) is 14.0. The number of piperazine rings is 1. The third-order valence-corrected chi connectivity index (χ3v) is 5.21. The fraction of sp³-hybridized carbons (Fsp3) is 0.462. The van der Waals surface area contributed by atoms with E-state index < -0.39 is 16.1 Å². The van der Waals surface area contributed by atoms with Crippen LogP contribution < -0.4 is 5.32 Å². The van der Waals surface area contributed by atoms with Crippen molar-refractivity contribution in [1.29, 1.82) is 0 Å². The first-order valence-corrected chi connectivity index (χ1v) is 7.91. The molecule has 0 aromatic heterocycles. The number of carbonyl (C=O) groups is 1. The molecule has 0 spiro atoms. The number of benzene rings is 1. The molecule has 0 saturated carbocycles. The number of nitrogens with zero attached hydrogens (tertiary/aromatic N) is 1. The van der Waals surface area contributed by atoms with E-state index in [2.05, 4.69) is 5.32 Å². The van der Waals surface area contributed by atoms with E-state index in [4.69, 9.17) is 0 Å². The van der Waals surface area contributed by atoms with Crippen LogP contribution in [0.2, 0.25) is 0 Å². The molecule has 104 valence electrons. The third kappa shape index (κ3) is 2.64. The van der Waals surface area contributed by atoms with Crippen LogP contribution in [0.4, 0.5) is 0 Å². The Balaban J connectivity index is 2.49. The molecule has 0 bridgehead atoms. The molecule has 1 heterocycles. The van der Waals surface area contributed by atoms with Gasteiger partial charge >= 0.3 is 0 Å². The van der Waals surface area contributed by atoms with Crippen molar-refractivity contribution < 1.29 is 13.2 Å². The molecular formula is C13H18N2O3S. The quantitative estimate of drug-likeness (QED) is 0.892. The van der Waals surface area contributed by atoms with E-state index in [-0.39, 0.29) is 11.7 Å². The lowest BCUT2D eigenvalue weighted by Gasteiger charge is -2.34. The van der Waals surface area contributed by atoms with Crippen LogP contribution in [0.5, 0.6) is 0 Å². The van der Waals surface area contributed by atoms with Crippen molar-refractivity contribution in [2.75, 3.05) is 18.8 Å². The molecule has 2 rings (SSSR count). The molecule has 0 aliphatic carbocycles. The number of aryl methyl sites for hydroxylation is 1. The van der Waals surface area contributed by atoms with E-state index in [1.54, 1.807) is 6.92 Å². The van der Waals surface area contributed by atoms with E-state index in [9.17, 15) is 13.2 Å². The first-order chi connectivity index (χ1) is 8.97. The van der Waals surface area contributed by atoms with Gasteiger partial charge in [0.2, 0.25) is 15.9 Å². The van der Waals surface area contributed by atoms with E-state index in [0.29, 0.717) is 13.1 Å². The summed E-state index contributed by atoms with van der Waals surface area (Å²) in [4.78, 5) is 12.1. The molecule has 1 aromatic carbocycles. The normalized spacial score (nSPS) is 21.2. The largest absolute Gasteiger partial charge is 0.353 e. The fourth-order valence-electron chi connectivity index (χ4n) is 2.30. The minimum atomic E-state index is -3.40. The Kier molecular flexibility index (Phi) is 3.91. The molecule has 1 atom stereocenters. The minimum absolute atomic E-state index is 0.00264. The Bertz CT molecular complexity index is 583. The van der Waals surface area contributed by atoms with Crippen LogP contribution in [0, 0.1) is 6.92 Å². The number of hydrogen-bond acceptors (Lipinski definition) is 3. The first-order valence-electron chi connectivity index (χ1n) is 6.30. The van der Waals surface area contributed by atoms with Crippen LogP contribution in [0.1, 0.15) is 24.1 Å². The highest BCUT2D eigenvalue weighted by Gasteiger charge is 2.38. The van der Waals surface area contributed by atoms with Crippen molar-refractivity contribution in [1.82, 2.24) is 9.62 Å². The average Bonchev–Trinajstić information content (AvgIpc) is 2.39. The number of hydrogen-bond donors (Lipinski definition) is 1.